The Morgan fingerprint density at radius 2 is 1.83 bits per heavy atom. The quantitative estimate of drug-likeness (QED) is 0.751. The Bertz CT molecular complexity index is 833. The molecule has 2 N–H and O–H groups in total. The number of hydrogen-bond acceptors (Lipinski definition) is 2. The minimum absolute atomic E-state index is 0.423. The summed E-state index contributed by atoms with van der Waals surface area (Å²) in [6.07, 6.45) is 4.15. The average Bonchev–Trinajstić information content (AvgIpc) is 2.56. The van der Waals surface area contributed by atoms with Gasteiger partial charge in [0.25, 0.3) is 0 Å². The van der Waals surface area contributed by atoms with E-state index in [1.54, 1.807) is 18.5 Å². The molecule has 3 aromatic rings. The van der Waals surface area contributed by atoms with Gasteiger partial charge in [0.05, 0.1) is 0 Å². The number of carbonyl (C=O) groups excluding carboxylic acids is 1. The first-order valence-electron chi connectivity index (χ1n) is 7.22. The van der Waals surface area contributed by atoms with Crippen molar-refractivity contribution in [3.63, 3.8) is 0 Å². The van der Waals surface area contributed by atoms with Crippen LogP contribution in [0.3, 0.4) is 0 Å². The highest BCUT2D eigenvalue weighted by atomic mass is 79.9. The van der Waals surface area contributed by atoms with Gasteiger partial charge in [-0.2, -0.15) is 0 Å². The number of amides is 1. The first-order chi connectivity index (χ1) is 11.2. The number of aromatic nitrogens is 1. The zero-order valence-corrected chi connectivity index (χ0v) is 14.0. The van der Waals surface area contributed by atoms with Crippen LogP contribution in [-0.2, 0) is 6.42 Å². The molecule has 0 spiro atoms. The molecule has 3 rings (SSSR count). The van der Waals surface area contributed by atoms with Gasteiger partial charge in [0, 0.05) is 33.6 Å². The van der Waals surface area contributed by atoms with E-state index >= 15 is 0 Å². The van der Waals surface area contributed by atoms with Crippen molar-refractivity contribution in [1.82, 2.24) is 4.98 Å². The topological polar surface area (TPSA) is 56.0 Å². The number of carbonyl (C=O) groups is 1. The summed E-state index contributed by atoms with van der Waals surface area (Å²) in [7, 11) is 0. The summed E-state index contributed by atoms with van der Waals surface area (Å²) < 4.78 is 0.918. The standard InChI is InChI=1S/C19H15BrN2O/c20-17-9-8-15(19(21)23)16(11-13-5-2-1-3-6-13)18(17)14-7-4-10-22-12-14/h1-10,12H,11H2,(H2,21,23). The molecule has 1 amide bonds. The van der Waals surface area contributed by atoms with Gasteiger partial charge >= 0.3 is 0 Å². The summed E-state index contributed by atoms with van der Waals surface area (Å²) in [5.74, 6) is -0.423. The third-order valence-corrected chi connectivity index (χ3v) is 4.36. The van der Waals surface area contributed by atoms with Crippen LogP contribution in [-0.4, -0.2) is 10.9 Å². The van der Waals surface area contributed by atoms with Crippen LogP contribution < -0.4 is 5.73 Å². The van der Waals surface area contributed by atoms with E-state index in [0.717, 1.165) is 26.7 Å². The maximum atomic E-state index is 11.9. The van der Waals surface area contributed by atoms with Crippen molar-refractivity contribution in [3.8, 4) is 11.1 Å². The number of benzene rings is 2. The molecule has 0 fully saturated rings. The van der Waals surface area contributed by atoms with Crippen LogP contribution in [0, 0.1) is 0 Å². The predicted molar refractivity (Wildman–Crippen MR) is 95.1 cm³/mol. The van der Waals surface area contributed by atoms with Crippen molar-refractivity contribution < 1.29 is 4.79 Å². The van der Waals surface area contributed by atoms with Gasteiger partial charge in [0.2, 0.25) is 5.91 Å². The van der Waals surface area contributed by atoms with E-state index in [1.165, 1.54) is 0 Å². The van der Waals surface area contributed by atoms with Gasteiger partial charge in [-0.1, -0.05) is 52.3 Å². The van der Waals surface area contributed by atoms with Gasteiger partial charge in [-0.15, -0.1) is 0 Å². The Morgan fingerprint density at radius 1 is 1.04 bits per heavy atom. The Morgan fingerprint density at radius 3 is 2.48 bits per heavy atom. The van der Waals surface area contributed by atoms with Crippen molar-refractivity contribution in [3.05, 3.63) is 88.2 Å². The molecule has 0 atom stereocenters. The second-order valence-electron chi connectivity index (χ2n) is 5.22. The lowest BCUT2D eigenvalue weighted by molar-refractivity contribution is 0.0999. The van der Waals surface area contributed by atoms with Gasteiger partial charge in [-0.25, -0.2) is 0 Å². The molecule has 0 radical (unpaired) electrons. The van der Waals surface area contributed by atoms with Gasteiger partial charge in [0.15, 0.2) is 0 Å². The summed E-state index contributed by atoms with van der Waals surface area (Å²) in [4.78, 5) is 16.1. The number of rotatable bonds is 4. The van der Waals surface area contributed by atoms with Crippen LogP contribution in [0.1, 0.15) is 21.5 Å². The van der Waals surface area contributed by atoms with Crippen molar-refractivity contribution in [2.75, 3.05) is 0 Å². The van der Waals surface area contributed by atoms with Gasteiger partial charge in [-0.3, -0.25) is 9.78 Å². The third-order valence-electron chi connectivity index (χ3n) is 3.70. The highest BCUT2D eigenvalue weighted by Crippen LogP contribution is 2.34. The predicted octanol–water partition coefficient (Wildman–Crippen LogP) is 4.20. The second kappa shape index (κ2) is 6.75. The Hall–Kier alpha value is -2.46. The number of nitrogens with two attached hydrogens (primary N) is 1. The van der Waals surface area contributed by atoms with Crippen molar-refractivity contribution in [2.24, 2.45) is 5.73 Å². The molecule has 1 heterocycles. The lowest BCUT2D eigenvalue weighted by Gasteiger charge is -2.15. The fourth-order valence-electron chi connectivity index (χ4n) is 2.66. The molecular formula is C19H15BrN2O. The van der Waals surface area contributed by atoms with Crippen molar-refractivity contribution in [1.29, 1.82) is 0 Å². The Balaban J connectivity index is 2.21. The van der Waals surface area contributed by atoms with E-state index in [1.807, 2.05) is 48.5 Å². The number of halogens is 1. The molecular weight excluding hydrogens is 352 g/mol. The van der Waals surface area contributed by atoms with E-state index in [-0.39, 0.29) is 0 Å². The average molecular weight is 367 g/mol. The van der Waals surface area contributed by atoms with E-state index in [4.69, 9.17) is 5.73 Å². The van der Waals surface area contributed by atoms with Crippen LogP contribution in [0.15, 0.2) is 71.5 Å². The molecule has 0 unspecified atom stereocenters. The minimum atomic E-state index is -0.423. The Kier molecular flexibility index (Phi) is 4.53. The van der Waals surface area contributed by atoms with E-state index in [0.29, 0.717) is 12.0 Å². The largest absolute Gasteiger partial charge is 0.366 e. The first kappa shape index (κ1) is 15.4. The van der Waals surface area contributed by atoms with Crippen molar-refractivity contribution in [2.45, 2.75) is 6.42 Å². The molecule has 0 aliphatic carbocycles. The van der Waals surface area contributed by atoms with E-state index < -0.39 is 5.91 Å². The van der Waals surface area contributed by atoms with E-state index in [2.05, 4.69) is 20.9 Å². The molecule has 0 bridgehead atoms. The van der Waals surface area contributed by atoms with Crippen LogP contribution in [0.25, 0.3) is 11.1 Å². The van der Waals surface area contributed by atoms with E-state index in [9.17, 15) is 4.79 Å². The molecule has 23 heavy (non-hydrogen) atoms. The molecule has 114 valence electrons. The van der Waals surface area contributed by atoms with Gasteiger partial charge in [-0.05, 0) is 35.7 Å². The molecule has 1 aromatic heterocycles. The SMILES string of the molecule is NC(=O)c1ccc(Br)c(-c2cccnc2)c1Cc1ccccc1. The Labute approximate surface area is 143 Å². The zero-order chi connectivity index (χ0) is 16.2. The number of nitrogens with zero attached hydrogens (tertiary/aromatic N) is 1. The summed E-state index contributed by atoms with van der Waals surface area (Å²) in [6.45, 7) is 0. The molecule has 2 aromatic carbocycles. The monoisotopic (exact) mass is 366 g/mol. The minimum Gasteiger partial charge on any atom is -0.366 e. The molecule has 3 nitrogen and oxygen atoms in total. The highest BCUT2D eigenvalue weighted by molar-refractivity contribution is 9.10. The first-order valence-corrected chi connectivity index (χ1v) is 8.01. The number of pyridine rings is 1. The molecule has 0 aliphatic rings. The fourth-order valence-corrected chi connectivity index (χ4v) is 3.26. The summed E-state index contributed by atoms with van der Waals surface area (Å²) in [5.41, 5.74) is 10.1. The van der Waals surface area contributed by atoms with Crippen LogP contribution in [0.4, 0.5) is 0 Å². The summed E-state index contributed by atoms with van der Waals surface area (Å²) in [6, 6.07) is 17.5. The smallest absolute Gasteiger partial charge is 0.249 e. The molecule has 4 heteroatoms. The second-order valence-corrected chi connectivity index (χ2v) is 6.07. The van der Waals surface area contributed by atoms with Crippen LogP contribution >= 0.6 is 15.9 Å². The molecule has 0 saturated heterocycles. The lowest BCUT2D eigenvalue weighted by Crippen LogP contribution is -2.15. The van der Waals surface area contributed by atoms with Gasteiger partial charge < -0.3 is 5.73 Å². The maximum Gasteiger partial charge on any atom is 0.249 e. The lowest BCUT2D eigenvalue weighted by atomic mass is 9.91. The summed E-state index contributed by atoms with van der Waals surface area (Å²) in [5, 5.41) is 0. The maximum absolute atomic E-state index is 11.9. The number of primary amides is 1. The van der Waals surface area contributed by atoms with Crippen molar-refractivity contribution >= 4 is 21.8 Å². The van der Waals surface area contributed by atoms with Crippen LogP contribution in [0.5, 0.6) is 0 Å². The summed E-state index contributed by atoms with van der Waals surface area (Å²) >= 11 is 3.60. The molecule has 0 aliphatic heterocycles. The van der Waals surface area contributed by atoms with Gasteiger partial charge in [0.1, 0.15) is 0 Å². The van der Waals surface area contributed by atoms with Crippen LogP contribution in [0.2, 0.25) is 0 Å². The normalized spacial score (nSPS) is 10.5. The molecule has 0 saturated carbocycles. The number of hydrogen-bond donors (Lipinski definition) is 1. The highest BCUT2D eigenvalue weighted by Gasteiger charge is 2.17. The zero-order valence-electron chi connectivity index (χ0n) is 12.4. The fraction of sp³-hybridized carbons (Fsp3) is 0.0526. The third kappa shape index (κ3) is 3.32.